The summed E-state index contributed by atoms with van der Waals surface area (Å²) >= 11 is 14.3. The highest BCUT2D eigenvalue weighted by Gasteiger charge is 2.41. The molecule has 0 aromatic heterocycles. The van der Waals surface area contributed by atoms with Gasteiger partial charge in [0, 0.05) is 32.7 Å². The van der Waals surface area contributed by atoms with Gasteiger partial charge in [-0.1, -0.05) is 25.1 Å². The average Bonchev–Trinajstić information content (AvgIpc) is 2.66. The first kappa shape index (κ1) is 26.5. The Balaban J connectivity index is 2.55. The maximum absolute atomic E-state index is 12.9. The van der Waals surface area contributed by atoms with Crippen LogP contribution in [0.5, 0.6) is 0 Å². The van der Waals surface area contributed by atoms with Gasteiger partial charge < -0.3 is 4.18 Å². The second-order valence-corrected chi connectivity index (χ2v) is 15.8. The van der Waals surface area contributed by atoms with E-state index in [2.05, 4.69) is 172 Å². The van der Waals surface area contributed by atoms with Crippen LogP contribution in [0.25, 0.3) is 0 Å². The Morgan fingerprint density at radius 2 is 1.17 bits per heavy atom. The fraction of sp³-hybridized carbons (Fsp3) is 0.0952. The van der Waals surface area contributed by atoms with Gasteiger partial charge in [0.15, 0.2) is 0 Å². The zero-order chi connectivity index (χ0) is 22.1. The van der Waals surface area contributed by atoms with Crippen LogP contribution in [-0.4, -0.2) is 5.97 Å². The van der Waals surface area contributed by atoms with Gasteiger partial charge in [-0.25, -0.2) is 0 Å². The summed E-state index contributed by atoms with van der Waals surface area (Å²) in [6, 6.07) is 18.9. The highest BCUT2D eigenvalue weighted by molar-refractivity contribution is 14.1. The minimum Gasteiger partial charge on any atom is -0.402 e. The highest BCUT2D eigenvalue weighted by atomic mass is 127. The second kappa shape index (κ2) is 11.5. The molecule has 9 heteroatoms. The van der Waals surface area contributed by atoms with Gasteiger partial charge in [0.1, 0.15) is 0 Å². The summed E-state index contributed by atoms with van der Waals surface area (Å²) in [5.41, 5.74) is 0. The summed E-state index contributed by atoms with van der Waals surface area (Å²) in [6.07, 6.45) is 0.330. The summed E-state index contributed by atoms with van der Waals surface area (Å²) in [4.78, 5) is 16.1. The molecule has 0 radical (unpaired) electrons. The smallest absolute Gasteiger partial charge is 0.316 e. The van der Waals surface area contributed by atoms with Crippen LogP contribution in [0, 0.1) is 21.4 Å². The van der Waals surface area contributed by atoms with Gasteiger partial charge in [-0.15, -0.1) is 0 Å². The van der Waals surface area contributed by atoms with Crippen molar-refractivity contribution >= 4 is 152 Å². The largest absolute Gasteiger partial charge is 0.402 e. The molecule has 158 valence electrons. The molecule has 0 saturated carbocycles. The molecular weight excluding hydrogens is 1080 g/mol. The van der Waals surface area contributed by atoms with Crippen molar-refractivity contribution in [3.63, 3.8) is 0 Å². The SMILES string of the molecule is CCC(=O)OS(c1ccccc1)(c1c(I)cc(I)cc1I)c1c(I)cc(I)cc1I. The quantitative estimate of drug-likeness (QED) is 0.238. The Hall–Kier alpha value is 1.86. The number of carbonyl (C=O) groups excluding carboxylic acids is 1. The van der Waals surface area contributed by atoms with Crippen LogP contribution < -0.4 is 0 Å². The van der Waals surface area contributed by atoms with Gasteiger partial charge in [0.2, 0.25) is 0 Å². The Morgan fingerprint density at radius 3 is 1.53 bits per heavy atom. The van der Waals surface area contributed by atoms with Gasteiger partial charge in [0.05, 0.1) is 9.79 Å². The Bertz CT molecular complexity index is 1000. The monoisotopic (exact) mass is 1090 g/mol. The predicted octanol–water partition coefficient (Wildman–Crippen LogP) is 9.46. The van der Waals surface area contributed by atoms with Crippen LogP contribution in [0.1, 0.15) is 13.3 Å². The van der Waals surface area contributed by atoms with Crippen molar-refractivity contribution in [3.8, 4) is 0 Å². The topological polar surface area (TPSA) is 26.3 Å². The molecule has 2 nitrogen and oxygen atoms in total. The van der Waals surface area contributed by atoms with E-state index in [0.717, 1.165) is 29.0 Å². The molecule has 0 spiro atoms. The van der Waals surface area contributed by atoms with E-state index in [1.807, 2.05) is 25.1 Å². The van der Waals surface area contributed by atoms with Crippen molar-refractivity contribution in [2.24, 2.45) is 0 Å². The first-order valence-electron chi connectivity index (χ1n) is 8.60. The zero-order valence-electron chi connectivity index (χ0n) is 15.4. The average molecular weight is 1090 g/mol. The van der Waals surface area contributed by atoms with Crippen molar-refractivity contribution in [1.82, 2.24) is 0 Å². The number of halogens is 6. The summed E-state index contributed by atoms with van der Waals surface area (Å²) in [5.74, 6) is -0.191. The number of rotatable bonds is 5. The van der Waals surface area contributed by atoms with Crippen molar-refractivity contribution in [2.75, 3.05) is 0 Å². The van der Waals surface area contributed by atoms with Crippen molar-refractivity contribution in [1.29, 1.82) is 0 Å². The Morgan fingerprint density at radius 1 is 0.767 bits per heavy atom. The van der Waals surface area contributed by atoms with E-state index in [1.54, 1.807) is 0 Å². The minimum absolute atomic E-state index is 0.191. The van der Waals surface area contributed by atoms with Crippen molar-refractivity contribution in [2.45, 2.75) is 28.0 Å². The summed E-state index contributed by atoms with van der Waals surface area (Å²) in [6.45, 7) is 1.85. The molecule has 0 fully saturated rings. The van der Waals surface area contributed by atoms with E-state index < -0.39 is 10.3 Å². The lowest BCUT2D eigenvalue weighted by Gasteiger charge is -2.42. The zero-order valence-corrected chi connectivity index (χ0v) is 29.2. The lowest BCUT2D eigenvalue weighted by molar-refractivity contribution is -0.133. The van der Waals surface area contributed by atoms with Crippen LogP contribution in [0.3, 0.4) is 0 Å². The van der Waals surface area contributed by atoms with E-state index in [-0.39, 0.29) is 5.97 Å². The molecule has 0 saturated heterocycles. The first-order chi connectivity index (χ1) is 14.2. The standard InChI is InChI=1S/C21H14I6O2S/c1-2-19(28)29-30(14-6-4-3-5-7-14,20-15(24)8-12(22)9-16(20)25)21-17(26)10-13(23)11-18(21)27/h3-11H,2H2,1H3. The normalized spacial score (nSPS) is 12.0. The molecule has 3 aromatic carbocycles. The summed E-state index contributed by atoms with van der Waals surface area (Å²) in [7, 11) is -2.29. The molecule has 0 N–H and O–H groups in total. The lowest BCUT2D eigenvalue weighted by Crippen LogP contribution is -2.17. The third-order valence-corrected chi connectivity index (χ3v) is 13.6. The van der Waals surface area contributed by atoms with Gasteiger partial charge in [-0.3, -0.25) is 4.79 Å². The van der Waals surface area contributed by atoms with Gasteiger partial charge in [-0.2, -0.15) is 0 Å². The second-order valence-electron chi connectivity index (χ2n) is 6.08. The molecule has 0 atom stereocenters. The molecule has 0 aliphatic heterocycles. The molecule has 30 heavy (non-hydrogen) atoms. The van der Waals surface area contributed by atoms with E-state index in [0.29, 0.717) is 6.42 Å². The fourth-order valence-electron chi connectivity index (χ4n) is 2.89. The molecule has 0 amide bonds. The molecule has 0 aliphatic rings. The first-order valence-corrected chi connectivity index (χ1v) is 16.6. The molecule has 0 aliphatic carbocycles. The minimum atomic E-state index is -2.29. The lowest BCUT2D eigenvalue weighted by atomic mass is 10.4. The van der Waals surface area contributed by atoms with Crippen LogP contribution in [0.15, 0.2) is 69.3 Å². The van der Waals surface area contributed by atoms with Gasteiger partial charge in [-0.05, 0) is 182 Å². The maximum Gasteiger partial charge on any atom is 0.316 e. The van der Waals surface area contributed by atoms with Crippen LogP contribution in [0.2, 0.25) is 0 Å². The summed E-state index contributed by atoms with van der Waals surface area (Å²) < 4.78 is 13.3. The van der Waals surface area contributed by atoms with E-state index in [9.17, 15) is 4.79 Å². The fourth-order valence-corrected chi connectivity index (χ4v) is 17.0. The number of hydrogen-bond donors (Lipinski definition) is 0. The highest BCUT2D eigenvalue weighted by Crippen LogP contribution is 2.72. The van der Waals surface area contributed by atoms with E-state index in [1.165, 1.54) is 7.14 Å². The number of benzene rings is 3. The van der Waals surface area contributed by atoms with E-state index >= 15 is 0 Å². The van der Waals surface area contributed by atoms with Crippen molar-refractivity contribution < 1.29 is 8.98 Å². The van der Waals surface area contributed by atoms with Gasteiger partial charge in [0.25, 0.3) is 0 Å². The molecule has 3 rings (SSSR count). The third kappa shape index (κ3) is 5.56. The molecular formula is C21H14I6O2S. The molecule has 3 aromatic rings. The summed E-state index contributed by atoms with van der Waals surface area (Å²) in [5, 5.41) is 0. The maximum atomic E-state index is 12.9. The van der Waals surface area contributed by atoms with E-state index in [4.69, 9.17) is 4.18 Å². The number of carbonyl (C=O) groups is 1. The van der Waals surface area contributed by atoms with Gasteiger partial charge >= 0.3 is 5.97 Å². The van der Waals surface area contributed by atoms with Crippen molar-refractivity contribution in [3.05, 3.63) is 76.0 Å². The van der Waals surface area contributed by atoms with Crippen LogP contribution >= 0.6 is 146 Å². The predicted molar refractivity (Wildman–Crippen MR) is 174 cm³/mol. The molecule has 0 heterocycles. The van der Waals surface area contributed by atoms with Crippen LogP contribution in [-0.2, 0) is 8.98 Å². The third-order valence-electron chi connectivity index (χ3n) is 4.08. The Labute approximate surface area is 260 Å². The molecule has 0 unspecified atom stereocenters. The number of hydrogen-bond acceptors (Lipinski definition) is 2. The van der Waals surface area contributed by atoms with Crippen LogP contribution in [0.4, 0.5) is 0 Å². The molecule has 0 bridgehead atoms. The Kier molecular flexibility index (Phi) is 10.2.